The third-order valence-corrected chi connectivity index (χ3v) is 2.99. The van der Waals surface area contributed by atoms with Crippen molar-refractivity contribution in [2.75, 3.05) is 7.11 Å². The van der Waals surface area contributed by atoms with Gasteiger partial charge in [-0.3, -0.25) is 0 Å². The van der Waals surface area contributed by atoms with E-state index in [9.17, 15) is 4.79 Å². The molecule has 0 saturated carbocycles. The number of hydrogen-bond acceptors (Lipinski definition) is 4. The highest BCUT2D eigenvalue weighted by Crippen LogP contribution is 2.24. The van der Waals surface area contributed by atoms with Crippen LogP contribution in [0.4, 0.5) is 0 Å². The average molecular weight is 286 g/mol. The van der Waals surface area contributed by atoms with Crippen LogP contribution in [0.5, 0.6) is 0 Å². The lowest BCUT2D eigenvalue weighted by Crippen LogP contribution is -2.04. The van der Waals surface area contributed by atoms with Gasteiger partial charge in [-0.05, 0) is 11.6 Å². The van der Waals surface area contributed by atoms with Crippen molar-refractivity contribution in [2.45, 2.75) is 10.2 Å². The summed E-state index contributed by atoms with van der Waals surface area (Å²) in [5.74, 6) is -0.488. The molecular formula is C10H8BrNO2S. The van der Waals surface area contributed by atoms with Gasteiger partial charge < -0.3 is 4.74 Å². The number of halogens is 1. The second-order valence-corrected chi connectivity index (χ2v) is 3.74. The number of nitrogens with zero attached hydrogens (tertiary/aromatic N) is 1. The molecule has 0 aliphatic heterocycles. The fraction of sp³-hybridized carbons (Fsp3) is 0.200. The monoisotopic (exact) mass is 285 g/mol. The van der Waals surface area contributed by atoms with Gasteiger partial charge in [-0.15, -0.1) is 12.6 Å². The Hall–Kier alpha value is -0.990. The second kappa shape index (κ2) is 5.19. The van der Waals surface area contributed by atoms with Crippen molar-refractivity contribution in [3.63, 3.8) is 0 Å². The van der Waals surface area contributed by atoms with Crippen LogP contribution in [0.3, 0.4) is 0 Å². The molecule has 0 radical (unpaired) electrons. The first-order valence-corrected chi connectivity index (χ1v) is 5.61. The van der Waals surface area contributed by atoms with Crippen LogP contribution in [0.2, 0.25) is 0 Å². The molecule has 0 fully saturated rings. The van der Waals surface area contributed by atoms with Crippen molar-refractivity contribution >= 4 is 34.5 Å². The Balaban J connectivity index is 3.37. The van der Waals surface area contributed by atoms with E-state index < -0.39 is 5.97 Å². The van der Waals surface area contributed by atoms with E-state index in [1.54, 1.807) is 12.1 Å². The highest BCUT2D eigenvalue weighted by Gasteiger charge is 2.15. The Labute approximate surface area is 102 Å². The summed E-state index contributed by atoms with van der Waals surface area (Å²) in [5.41, 5.74) is 1.51. The van der Waals surface area contributed by atoms with Gasteiger partial charge in [-0.2, -0.15) is 5.26 Å². The molecule has 1 rings (SSSR count). The maximum atomic E-state index is 11.3. The Morgan fingerprint density at radius 1 is 1.67 bits per heavy atom. The smallest absolute Gasteiger partial charge is 0.339 e. The molecule has 0 N–H and O–H groups in total. The van der Waals surface area contributed by atoms with Crippen molar-refractivity contribution in [1.82, 2.24) is 0 Å². The standard InChI is InChI=1S/C10H8BrNO2S/c1-14-10(13)7-3-2-6(4-11)8(5-12)9(7)15/h2-3,15H,4H2,1H3. The first kappa shape index (κ1) is 12.1. The number of rotatable bonds is 2. The normalized spacial score (nSPS) is 9.47. The van der Waals surface area contributed by atoms with Crippen molar-refractivity contribution in [3.8, 4) is 6.07 Å². The molecule has 0 aromatic heterocycles. The number of esters is 1. The SMILES string of the molecule is COC(=O)c1ccc(CBr)c(C#N)c1S. The van der Waals surface area contributed by atoms with E-state index in [1.807, 2.05) is 6.07 Å². The van der Waals surface area contributed by atoms with Crippen molar-refractivity contribution in [2.24, 2.45) is 0 Å². The molecule has 0 unspecified atom stereocenters. The van der Waals surface area contributed by atoms with Gasteiger partial charge in [0.05, 0.1) is 18.2 Å². The summed E-state index contributed by atoms with van der Waals surface area (Å²) >= 11 is 7.43. The number of thiol groups is 1. The lowest BCUT2D eigenvalue weighted by Gasteiger charge is -2.07. The zero-order valence-electron chi connectivity index (χ0n) is 7.95. The molecule has 0 heterocycles. The molecule has 0 spiro atoms. The zero-order valence-corrected chi connectivity index (χ0v) is 10.4. The minimum atomic E-state index is -0.488. The first-order valence-electron chi connectivity index (χ1n) is 4.05. The molecule has 78 valence electrons. The number of nitriles is 1. The molecule has 3 nitrogen and oxygen atoms in total. The van der Waals surface area contributed by atoms with E-state index in [1.165, 1.54) is 7.11 Å². The second-order valence-electron chi connectivity index (χ2n) is 2.73. The lowest BCUT2D eigenvalue weighted by atomic mass is 10.1. The summed E-state index contributed by atoms with van der Waals surface area (Å²) < 4.78 is 4.58. The minimum absolute atomic E-state index is 0.307. The zero-order chi connectivity index (χ0) is 11.4. The Bertz CT molecular complexity index is 440. The van der Waals surface area contributed by atoms with Crippen LogP contribution < -0.4 is 0 Å². The van der Waals surface area contributed by atoms with E-state index in [-0.39, 0.29) is 0 Å². The van der Waals surface area contributed by atoms with E-state index in [0.29, 0.717) is 21.4 Å². The summed E-state index contributed by atoms with van der Waals surface area (Å²) in [6.07, 6.45) is 0. The quantitative estimate of drug-likeness (QED) is 0.516. The highest BCUT2D eigenvalue weighted by molar-refractivity contribution is 9.08. The van der Waals surface area contributed by atoms with E-state index in [0.717, 1.165) is 5.56 Å². The van der Waals surface area contributed by atoms with Gasteiger partial charge in [0.25, 0.3) is 0 Å². The maximum absolute atomic E-state index is 11.3. The Morgan fingerprint density at radius 2 is 2.33 bits per heavy atom. The number of hydrogen-bond donors (Lipinski definition) is 1. The third kappa shape index (κ3) is 2.33. The molecule has 0 atom stereocenters. The average Bonchev–Trinajstić information content (AvgIpc) is 2.27. The molecular weight excluding hydrogens is 278 g/mol. The number of carbonyl (C=O) groups is 1. The largest absolute Gasteiger partial charge is 0.465 e. The summed E-state index contributed by atoms with van der Waals surface area (Å²) in [6.45, 7) is 0. The Morgan fingerprint density at radius 3 is 2.80 bits per heavy atom. The molecule has 1 aromatic carbocycles. The summed E-state index contributed by atoms with van der Waals surface area (Å²) in [7, 11) is 1.29. The maximum Gasteiger partial charge on any atom is 0.339 e. The third-order valence-electron chi connectivity index (χ3n) is 1.93. The fourth-order valence-corrected chi connectivity index (χ4v) is 1.97. The number of alkyl halides is 1. The molecule has 0 saturated heterocycles. The van der Waals surface area contributed by atoms with Gasteiger partial charge in [0.2, 0.25) is 0 Å². The summed E-state index contributed by atoms with van der Waals surface area (Å²) in [4.78, 5) is 11.7. The van der Waals surface area contributed by atoms with Gasteiger partial charge >= 0.3 is 5.97 Å². The number of benzene rings is 1. The van der Waals surface area contributed by atoms with Gasteiger partial charge in [0.15, 0.2) is 0 Å². The highest BCUT2D eigenvalue weighted by atomic mass is 79.9. The molecule has 0 aliphatic carbocycles. The van der Waals surface area contributed by atoms with Crippen LogP contribution in [-0.2, 0) is 10.1 Å². The Kier molecular flexibility index (Phi) is 4.18. The van der Waals surface area contributed by atoms with Crippen molar-refractivity contribution in [3.05, 3.63) is 28.8 Å². The first-order chi connectivity index (χ1) is 7.15. The number of ether oxygens (including phenoxy) is 1. The van der Waals surface area contributed by atoms with E-state index in [4.69, 9.17) is 5.26 Å². The topological polar surface area (TPSA) is 50.1 Å². The fourth-order valence-electron chi connectivity index (χ4n) is 1.14. The molecule has 5 heteroatoms. The van der Waals surface area contributed by atoms with Gasteiger partial charge in [-0.1, -0.05) is 22.0 Å². The van der Waals surface area contributed by atoms with Gasteiger partial charge in [0.1, 0.15) is 6.07 Å². The minimum Gasteiger partial charge on any atom is -0.465 e. The summed E-state index contributed by atoms with van der Waals surface area (Å²) in [6, 6.07) is 5.33. The predicted octanol–water partition coefficient (Wildman–Crippen LogP) is 2.53. The molecule has 15 heavy (non-hydrogen) atoms. The van der Waals surface area contributed by atoms with E-state index >= 15 is 0 Å². The van der Waals surface area contributed by atoms with Crippen LogP contribution in [0.1, 0.15) is 21.5 Å². The van der Waals surface area contributed by atoms with Crippen LogP contribution in [0.15, 0.2) is 17.0 Å². The molecule has 0 aliphatic rings. The van der Waals surface area contributed by atoms with Crippen LogP contribution in [0, 0.1) is 11.3 Å². The predicted molar refractivity (Wildman–Crippen MR) is 62.4 cm³/mol. The van der Waals surface area contributed by atoms with Crippen molar-refractivity contribution < 1.29 is 9.53 Å². The van der Waals surface area contributed by atoms with Gasteiger partial charge in [0, 0.05) is 10.2 Å². The number of carbonyl (C=O) groups excluding carboxylic acids is 1. The number of methoxy groups -OCH3 is 1. The lowest BCUT2D eigenvalue weighted by molar-refractivity contribution is 0.0597. The molecule has 0 amide bonds. The van der Waals surface area contributed by atoms with Crippen LogP contribution >= 0.6 is 28.6 Å². The summed E-state index contributed by atoms with van der Waals surface area (Å²) in [5, 5.41) is 9.48. The van der Waals surface area contributed by atoms with Crippen molar-refractivity contribution in [1.29, 1.82) is 5.26 Å². The van der Waals surface area contributed by atoms with Gasteiger partial charge in [-0.25, -0.2) is 4.79 Å². The van der Waals surface area contributed by atoms with E-state index in [2.05, 4.69) is 33.3 Å². The van der Waals surface area contributed by atoms with Crippen LogP contribution in [-0.4, -0.2) is 13.1 Å². The molecule has 1 aromatic rings. The molecule has 0 bridgehead atoms. The van der Waals surface area contributed by atoms with Crippen LogP contribution in [0.25, 0.3) is 0 Å².